The molecule has 0 unspecified atom stereocenters. The highest BCUT2D eigenvalue weighted by Gasteiger charge is 2.41. The summed E-state index contributed by atoms with van der Waals surface area (Å²) in [4.78, 5) is 12.4. The molecule has 0 amide bonds. The van der Waals surface area contributed by atoms with Gasteiger partial charge in [-0.1, -0.05) is 23.2 Å². The minimum Gasteiger partial charge on any atom is -0.493 e. The number of carboxylic acid groups (broad SMARTS) is 1. The van der Waals surface area contributed by atoms with Gasteiger partial charge in [-0.2, -0.15) is 0 Å². The third-order valence-electron chi connectivity index (χ3n) is 5.09. The molecule has 1 saturated carbocycles. The third-order valence-corrected chi connectivity index (χ3v) is 7.16. The number of carboxylic acids is 1. The van der Waals surface area contributed by atoms with Crippen LogP contribution >= 0.6 is 46.1 Å². The third kappa shape index (κ3) is 5.55. The van der Waals surface area contributed by atoms with Crippen molar-refractivity contribution in [2.75, 3.05) is 6.61 Å². The van der Waals surface area contributed by atoms with Crippen LogP contribution in [0.4, 0.5) is 0 Å². The Morgan fingerprint density at radius 2 is 1.89 bits per heavy atom. The molecule has 3 rings (SSSR count). The summed E-state index contributed by atoms with van der Waals surface area (Å²) in [5, 5.41) is 20.3. The number of benzene rings is 1. The molecule has 1 aliphatic rings. The number of carbonyl (C=O) groups is 1. The van der Waals surface area contributed by atoms with Crippen LogP contribution in [0.1, 0.15) is 33.8 Å². The first-order valence-electron chi connectivity index (χ1n) is 9.06. The van der Waals surface area contributed by atoms with Crippen molar-refractivity contribution < 1.29 is 19.7 Å². The van der Waals surface area contributed by atoms with E-state index in [-0.39, 0.29) is 17.2 Å². The molecule has 4 atom stereocenters. The van der Waals surface area contributed by atoms with Gasteiger partial charge in [-0.3, -0.25) is 0 Å². The van der Waals surface area contributed by atoms with Crippen LogP contribution in [0.15, 0.2) is 30.3 Å². The second kappa shape index (κ2) is 9.68. The molecule has 0 radical (unpaired) electrons. The first-order chi connectivity index (χ1) is 13.3. The van der Waals surface area contributed by atoms with Crippen LogP contribution in [-0.2, 0) is 6.42 Å². The van der Waals surface area contributed by atoms with Gasteiger partial charge in [0, 0.05) is 26.2 Å². The fourth-order valence-corrected chi connectivity index (χ4v) is 5.60. The van der Waals surface area contributed by atoms with Gasteiger partial charge in [0.05, 0.1) is 12.7 Å². The Bertz CT molecular complexity index is 805. The number of alkyl halides is 1. The van der Waals surface area contributed by atoms with Gasteiger partial charge in [0.2, 0.25) is 0 Å². The molecular formula is C20H21Cl3O4S. The topological polar surface area (TPSA) is 66.8 Å². The highest BCUT2D eigenvalue weighted by atomic mass is 35.5. The van der Waals surface area contributed by atoms with Crippen LogP contribution in [0, 0.1) is 11.8 Å². The van der Waals surface area contributed by atoms with E-state index in [9.17, 15) is 9.90 Å². The molecule has 2 N–H and O–H groups in total. The van der Waals surface area contributed by atoms with E-state index in [4.69, 9.17) is 44.6 Å². The summed E-state index contributed by atoms with van der Waals surface area (Å²) in [5.41, 5.74) is 0. The Balaban J connectivity index is 1.56. The average molecular weight is 464 g/mol. The average Bonchev–Trinajstić information content (AvgIpc) is 3.18. The van der Waals surface area contributed by atoms with Crippen molar-refractivity contribution in [1.29, 1.82) is 0 Å². The summed E-state index contributed by atoms with van der Waals surface area (Å²) in [6, 6.07) is 8.52. The predicted octanol–water partition coefficient (Wildman–Crippen LogP) is 5.76. The van der Waals surface area contributed by atoms with Crippen LogP contribution in [0.2, 0.25) is 10.0 Å². The summed E-state index contributed by atoms with van der Waals surface area (Å²) in [5.74, 6) is -0.265. The van der Waals surface area contributed by atoms with Gasteiger partial charge in [-0.25, -0.2) is 4.79 Å². The van der Waals surface area contributed by atoms with Gasteiger partial charge in [0.25, 0.3) is 0 Å². The standard InChI is InChI=1S/C20H21Cl3O4S/c21-11-6-12(22)8-13(7-11)27-10-16-15(17(23)9-18(16)24)3-1-2-14-4-5-19(28-14)20(25)26/h4-8,15-18,24H,1-3,9-10H2,(H,25,26)/t15-,16-,17+,18-/m1/s1. The molecule has 28 heavy (non-hydrogen) atoms. The molecule has 1 aromatic heterocycles. The summed E-state index contributed by atoms with van der Waals surface area (Å²) in [6.07, 6.45) is 2.54. The second-order valence-electron chi connectivity index (χ2n) is 7.03. The molecule has 1 aromatic carbocycles. The normalized spacial score (nSPS) is 24.4. The number of aliphatic hydroxyl groups excluding tert-OH is 1. The fourth-order valence-electron chi connectivity index (χ4n) is 3.71. The van der Waals surface area contributed by atoms with Crippen LogP contribution < -0.4 is 4.74 Å². The lowest BCUT2D eigenvalue weighted by atomic mass is 9.90. The SMILES string of the molecule is O=C(O)c1ccc(CCC[C@@H]2[C@@H](COc3cc(Cl)cc(Cl)c3)[C@H](O)C[C@@H]2Cl)s1. The molecule has 1 heterocycles. The maximum absolute atomic E-state index is 11.0. The van der Waals surface area contributed by atoms with Crippen molar-refractivity contribution in [3.05, 3.63) is 50.1 Å². The molecule has 4 nitrogen and oxygen atoms in total. The van der Waals surface area contributed by atoms with E-state index in [2.05, 4.69) is 0 Å². The maximum atomic E-state index is 11.0. The van der Waals surface area contributed by atoms with E-state index in [1.165, 1.54) is 11.3 Å². The minimum absolute atomic E-state index is 0.0711. The molecular weight excluding hydrogens is 443 g/mol. The quantitative estimate of drug-likeness (QED) is 0.488. The van der Waals surface area contributed by atoms with Crippen molar-refractivity contribution in [2.24, 2.45) is 11.8 Å². The zero-order chi connectivity index (χ0) is 20.3. The fraction of sp³-hybridized carbons (Fsp3) is 0.450. The van der Waals surface area contributed by atoms with Crippen molar-refractivity contribution in [3.63, 3.8) is 0 Å². The Kier molecular flexibility index (Phi) is 7.51. The molecule has 8 heteroatoms. The predicted molar refractivity (Wildman–Crippen MR) is 113 cm³/mol. The number of hydrogen-bond acceptors (Lipinski definition) is 4. The molecule has 0 bridgehead atoms. The first kappa shape index (κ1) is 21.7. The number of halogens is 3. The zero-order valence-electron chi connectivity index (χ0n) is 15.0. The zero-order valence-corrected chi connectivity index (χ0v) is 18.1. The molecule has 0 aliphatic heterocycles. The van der Waals surface area contributed by atoms with Crippen molar-refractivity contribution in [1.82, 2.24) is 0 Å². The molecule has 0 spiro atoms. The monoisotopic (exact) mass is 462 g/mol. The lowest BCUT2D eigenvalue weighted by Crippen LogP contribution is -2.27. The lowest BCUT2D eigenvalue weighted by molar-refractivity contribution is 0.0701. The van der Waals surface area contributed by atoms with E-state index < -0.39 is 12.1 Å². The highest BCUT2D eigenvalue weighted by molar-refractivity contribution is 7.13. The van der Waals surface area contributed by atoms with E-state index in [0.717, 1.165) is 24.1 Å². The van der Waals surface area contributed by atoms with Crippen LogP contribution in [-0.4, -0.2) is 34.3 Å². The number of aliphatic hydroxyl groups is 1. The Morgan fingerprint density at radius 1 is 1.18 bits per heavy atom. The lowest BCUT2D eigenvalue weighted by Gasteiger charge is -2.23. The number of aromatic carboxylic acids is 1. The maximum Gasteiger partial charge on any atom is 0.345 e. The number of rotatable bonds is 8. The smallest absolute Gasteiger partial charge is 0.345 e. The molecule has 2 aromatic rings. The van der Waals surface area contributed by atoms with Crippen molar-refractivity contribution in [3.8, 4) is 5.75 Å². The Hall–Kier alpha value is -0.980. The summed E-state index contributed by atoms with van der Waals surface area (Å²) in [7, 11) is 0. The number of ether oxygens (including phenoxy) is 1. The minimum atomic E-state index is -0.894. The number of thiophene rings is 1. The van der Waals surface area contributed by atoms with Crippen molar-refractivity contribution in [2.45, 2.75) is 37.2 Å². The summed E-state index contributed by atoms with van der Waals surface area (Å²) >= 11 is 19.8. The van der Waals surface area contributed by atoms with Gasteiger partial charge in [-0.05, 0) is 61.9 Å². The molecule has 152 valence electrons. The Labute approximate surface area is 183 Å². The van der Waals surface area contributed by atoms with E-state index in [1.807, 2.05) is 6.07 Å². The first-order valence-corrected chi connectivity index (χ1v) is 11.1. The molecule has 0 saturated heterocycles. The summed E-state index contributed by atoms with van der Waals surface area (Å²) < 4.78 is 5.84. The summed E-state index contributed by atoms with van der Waals surface area (Å²) in [6.45, 7) is 0.341. The number of aryl methyl sites for hydroxylation is 1. The Morgan fingerprint density at radius 3 is 2.54 bits per heavy atom. The van der Waals surface area contributed by atoms with Gasteiger partial charge >= 0.3 is 5.97 Å². The van der Waals surface area contributed by atoms with Crippen molar-refractivity contribution >= 4 is 52.1 Å². The molecule has 1 fully saturated rings. The van der Waals surface area contributed by atoms with E-state index in [1.54, 1.807) is 24.3 Å². The van der Waals surface area contributed by atoms with Gasteiger partial charge in [-0.15, -0.1) is 22.9 Å². The van der Waals surface area contributed by atoms with E-state index >= 15 is 0 Å². The van der Waals surface area contributed by atoms with Gasteiger partial charge in [0.15, 0.2) is 0 Å². The van der Waals surface area contributed by atoms with Crippen LogP contribution in [0.25, 0.3) is 0 Å². The highest BCUT2D eigenvalue weighted by Crippen LogP contribution is 2.40. The second-order valence-corrected chi connectivity index (χ2v) is 9.63. The molecule has 1 aliphatic carbocycles. The number of hydrogen-bond donors (Lipinski definition) is 2. The van der Waals surface area contributed by atoms with E-state index in [0.29, 0.717) is 33.7 Å². The van der Waals surface area contributed by atoms with Crippen LogP contribution in [0.5, 0.6) is 5.75 Å². The van der Waals surface area contributed by atoms with Gasteiger partial charge < -0.3 is 14.9 Å². The van der Waals surface area contributed by atoms with Crippen LogP contribution in [0.3, 0.4) is 0 Å². The van der Waals surface area contributed by atoms with Gasteiger partial charge in [0.1, 0.15) is 10.6 Å². The largest absolute Gasteiger partial charge is 0.493 e.